The molecular formula is C22H37BO2. The zero-order valence-corrected chi connectivity index (χ0v) is 18.0. The van der Waals surface area contributed by atoms with E-state index in [1.165, 1.54) is 22.3 Å². The van der Waals surface area contributed by atoms with E-state index >= 15 is 0 Å². The standard InChI is InChI=1S/C22H37BO2/c1-14(2)17-11-18(15(3)4)20(19(12-17)16(5)6)13-23-24-21(7,8)22(9,10)25-23/h11-12,14-16H,13H2,1-10H3. The van der Waals surface area contributed by atoms with Gasteiger partial charge in [0.2, 0.25) is 0 Å². The van der Waals surface area contributed by atoms with Crippen molar-refractivity contribution in [3.8, 4) is 0 Å². The van der Waals surface area contributed by atoms with E-state index in [4.69, 9.17) is 9.31 Å². The molecule has 2 nitrogen and oxygen atoms in total. The van der Waals surface area contributed by atoms with Crippen LogP contribution in [0.25, 0.3) is 0 Å². The lowest BCUT2D eigenvalue weighted by atomic mass is 9.73. The van der Waals surface area contributed by atoms with Crippen LogP contribution in [0.5, 0.6) is 0 Å². The van der Waals surface area contributed by atoms with Crippen LogP contribution in [-0.2, 0) is 15.6 Å². The third-order valence-corrected chi connectivity index (χ3v) is 5.92. The fourth-order valence-corrected chi connectivity index (χ4v) is 3.56. The van der Waals surface area contributed by atoms with Crippen LogP contribution in [0.1, 0.15) is 109 Å². The zero-order valence-electron chi connectivity index (χ0n) is 18.0. The zero-order chi connectivity index (χ0) is 19.2. The van der Waals surface area contributed by atoms with Crippen LogP contribution in [0.4, 0.5) is 0 Å². The molecule has 0 bridgehead atoms. The van der Waals surface area contributed by atoms with Crippen molar-refractivity contribution in [3.05, 3.63) is 34.4 Å². The maximum atomic E-state index is 6.29. The van der Waals surface area contributed by atoms with Gasteiger partial charge < -0.3 is 9.31 Å². The summed E-state index contributed by atoms with van der Waals surface area (Å²) in [6.45, 7) is 22.2. The second kappa shape index (κ2) is 7.08. The molecule has 1 fully saturated rings. The highest BCUT2D eigenvalue weighted by atomic mass is 16.7. The average molecular weight is 344 g/mol. The van der Waals surface area contributed by atoms with Crippen LogP contribution in [0.3, 0.4) is 0 Å². The van der Waals surface area contributed by atoms with Gasteiger partial charge in [-0.05, 0) is 67.7 Å². The summed E-state index contributed by atoms with van der Waals surface area (Å²) in [6, 6.07) is 4.81. The molecule has 0 atom stereocenters. The number of rotatable bonds is 5. The first-order chi connectivity index (χ1) is 11.4. The van der Waals surface area contributed by atoms with Crippen molar-refractivity contribution in [1.82, 2.24) is 0 Å². The summed E-state index contributed by atoms with van der Waals surface area (Å²) in [5, 5.41) is 0. The summed E-state index contributed by atoms with van der Waals surface area (Å²) < 4.78 is 12.6. The third-order valence-electron chi connectivity index (χ3n) is 5.92. The summed E-state index contributed by atoms with van der Waals surface area (Å²) in [7, 11) is -0.176. The van der Waals surface area contributed by atoms with Crippen LogP contribution >= 0.6 is 0 Å². The van der Waals surface area contributed by atoms with E-state index in [2.05, 4.69) is 81.4 Å². The van der Waals surface area contributed by atoms with Crippen LogP contribution in [0.2, 0.25) is 0 Å². The van der Waals surface area contributed by atoms with Crippen LogP contribution in [0, 0.1) is 0 Å². The maximum absolute atomic E-state index is 6.29. The molecule has 1 aliphatic heterocycles. The molecule has 25 heavy (non-hydrogen) atoms. The molecule has 0 saturated carbocycles. The Hall–Kier alpha value is -0.795. The van der Waals surface area contributed by atoms with E-state index in [0.29, 0.717) is 17.8 Å². The molecule has 0 N–H and O–H groups in total. The van der Waals surface area contributed by atoms with Crippen molar-refractivity contribution in [2.24, 2.45) is 0 Å². The van der Waals surface area contributed by atoms with E-state index in [9.17, 15) is 0 Å². The van der Waals surface area contributed by atoms with E-state index < -0.39 is 0 Å². The molecule has 1 aromatic carbocycles. The van der Waals surface area contributed by atoms with Gasteiger partial charge in [0.25, 0.3) is 0 Å². The predicted molar refractivity (Wildman–Crippen MR) is 108 cm³/mol. The van der Waals surface area contributed by atoms with Gasteiger partial charge in [0, 0.05) is 6.32 Å². The predicted octanol–water partition coefficient (Wildman–Crippen LogP) is 6.23. The average Bonchev–Trinajstić information content (AvgIpc) is 2.65. The largest absolute Gasteiger partial charge is 0.462 e. The quantitative estimate of drug-likeness (QED) is 0.589. The lowest BCUT2D eigenvalue weighted by Crippen LogP contribution is -2.41. The highest BCUT2D eigenvalue weighted by Gasteiger charge is 2.51. The molecule has 3 heteroatoms. The van der Waals surface area contributed by atoms with Gasteiger partial charge in [0.05, 0.1) is 11.2 Å². The molecule has 1 aliphatic rings. The van der Waals surface area contributed by atoms with E-state index in [-0.39, 0.29) is 18.3 Å². The van der Waals surface area contributed by atoms with Crippen molar-refractivity contribution in [2.45, 2.75) is 105 Å². The monoisotopic (exact) mass is 344 g/mol. The van der Waals surface area contributed by atoms with Gasteiger partial charge in [-0.2, -0.15) is 0 Å². The SMILES string of the molecule is CC(C)c1cc(C(C)C)c(CB2OC(C)(C)C(C)(C)O2)c(C(C)C)c1. The smallest absolute Gasteiger partial charge is 0.403 e. The summed E-state index contributed by atoms with van der Waals surface area (Å²) in [4.78, 5) is 0. The Morgan fingerprint density at radius 3 is 1.48 bits per heavy atom. The van der Waals surface area contributed by atoms with Gasteiger partial charge >= 0.3 is 7.12 Å². The molecule has 2 rings (SSSR count). The van der Waals surface area contributed by atoms with Crippen molar-refractivity contribution in [2.75, 3.05) is 0 Å². The van der Waals surface area contributed by atoms with Crippen LogP contribution in [-0.4, -0.2) is 18.3 Å². The third kappa shape index (κ3) is 4.14. The normalized spacial score (nSPS) is 19.5. The molecule has 1 saturated heterocycles. The summed E-state index contributed by atoms with van der Waals surface area (Å²) >= 11 is 0. The first kappa shape index (κ1) is 20.5. The summed E-state index contributed by atoms with van der Waals surface area (Å²) in [5.74, 6) is 1.53. The fourth-order valence-electron chi connectivity index (χ4n) is 3.56. The Labute approximate surface area is 155 Å². The lowest BCUT2D eigenvalue weighted by Gasteiger charge is -2.32. The molecule has 1 heterocycles. The fraction of sp³-hybridized carbons (Fsp3) is 0.727. The van der Waals surface area contributed by atoms with Crippen molar-refractivity contribution >= 4 is 7.12 Å². The second-order valence-electron chi connectivity index (χ2n) is 9.53. The van der Waals surface area contributed by atoms with E-state index in [0.717, 1.165) is 6.32 Å². The van der Waals surface area contributed by atoms with Gasteiger partial charge in [-0.25, -0.2) is 0 Å². The van der Waals surface area contributed by atoms with Crippen LogP contribution < -0.4 is 0 Å². The molecule has 0 aliphatic carbocycles. The van der Waals surface area contributed by atoms with Crippen molar-refractivity contribution < 1.29 is 9.31 Å². The van der Waals surface area contributed by atoms with Crippen molar-refractivity contribution in [3.63, 3.8) is 0 Å². The Bertz CT molecular complexity index is 569. The topological polar surface area (TPSA) is 18.5 Å². The molecule has 140 valence electrons. The molecule has 0 aromatic heterocycles. The maximum Gasteiger partial charge on any atom is 0.462 e. The molecule has 0 spiro atoms. The van der Waals surface area contributed by atoms with Gasteiger partial charge in [0.1, 0.15) is 0 Å². The Morgan fingerprint density at radius 2 is 1.16 bits per heavy atom. The van der Waals surface area contributed by atoms with Crippen molar-refractivity contribution in [1.29, 1.82) is 0 Å². The number of benzene rings is 1. The minimum absolute atomic E-state index is 0.176. The minimum Gasteiger partial charge on any atom is -0.403 e. The first-order valence-electron chi connectivity index (χ1n) is 9.88. The molecule has 0 radical (unpaired) electrons. The Balaban J connectivity index is 2.46. The summed E-state index contributed by atoms with van der Waals surface area (Å²) in [6.07, 6.45) is 0.826. The van der Waals surface area contributed by atoms with Gasteiger partial charge in [-0.1, -0.05) is 53.7 Å². The molecule has 0 unspecified atom stereocenters. The lowest BCUT2D eigenvalue weighted by molar-refractivity contribution is 0.00578. The molecule has 0 amide bonds. The summed E-state index contributed by atoms with van der Waals surface area (Å²) in [5.41, 5.74) is 5.21. The number of hydrogen-bond donors (Lipinski definition) is 0. The van der Waals surface area contributed by atoms with E-state index in [1.54, 1.807) is 0 Å². The van der Waals surface area contributed by atoms with Gasteiger partial charge in [0.15, 0.2) is 0 Å². The Kier molecular flexibility index (Phi) is 5.81. The molecular weight excluding hydrogens is 307 g/mol. The highest BCUT2D eigenvalue weighted by Crippen LogP contribution is 2.39. The first-order valence-corrected chi connectivity index (χ1v) is 9.88. The highest BCUT2D eigenvalue weighted by molar-refractivity contribution is 6.45. The minimum atomic E-state index is -0.272. The Morgan fingerprint density at radius 1 is 0.760 bits per heavy atom. The molecule has 1 aromatic rings. The van der Waals surface area contributed by atoms with Crippen LogP contribution in [0.15, 0.2) is 12.1 Å². The van der Waals surface area contributed by atoms with E-state index in [1.807, 2.05) is 0 Å². The number of hydrogen-bond acceptors (Lipinski definition) is 2. The van der Waals surface area contributed by atoms with Gasteiger partial charge in [-0.3, -0.25) is 0 Å². The second-order valence-corrected chi connectivity index (χ2v) is 9.53. The van der Waals surface area contributed by atoms with Gasteiger partial charge in [-0.15, -0.1) is 0 Å².